The summed E-state index contributed by atoms with van der Waals surface area (Å²) in [6.07, 6.45) is 5.21. The molecule has 3 heteroatoms. The van der Waals surface area contributed by atoms with E-state index >= 15 is 0 Å². The maximum Gasteiger partial charge on any atom is 0.0920 e. The van der Waals surface area contributed by atoms with Crippen LogP contribution in [0.3, 0.4) is 0 Å². The first-order chi connectivity index (χ1) is 17.0. The summed E-state index contributed by atoms with van der Waals surface area (Å²) in [5.41, 5.74) is 10.4. The minimum atomic E-state index is 0.0280. The molecular formula is C33H45N3. The van der Waals surface area contributed by atoms with E-state index in [0.29, 0.717) is 23.7 Å². The van der Waals surface area contributed by atoms with Crippen molar-refractivity contribution >= 4 is 28.5 Å². The van der Waals surface area contributed by atoms with Crippen LogP contribution in [0.2, 0.25) is 0 Å². The van der Waals surface area contributed by atoms with Gasteiger partial charge in [-0.3, -0.25) is 15.0 Å². The Bertz CT molecular complexity index is 1140. The molecule has 0 saturated heterocycles. The van der Waals surface area contributed by atoms with Gasteiger partial charge >= 0.3 is 0 Å². The molecular weight excluding hydrogens is 438 g/mol. The largest absolute Gasteiger partial charge is 0.274 e. The molecule has 1 atom stereocenters. The summed E-state index contributed by atoms with van der Waals surface area (Å²) in [7, 11) is 0. The Hall–Kier alpha value is -2.81. The van der Waals surface area contributed by atoms with Crippen LogP contribution in [0.1, 0.15) is 122 Å². The number of para-hydroxylation sites is 2. The molecule has 1 unspecified atom stereocenters. The molecule has 0 aliphatic carbocycles. The molecule has 3 rings (SSSR count). The lowest BCUT2D eigenvalue weighted by atomic mass is 9.92. The summed E-state index contributed by atoms with van der Waals surface area (Å²) >= 11 is 0. The van der Waals surface area contributed by atoms with Crippen molar-refractivity contribution in [1.29, 1.82) is 0 Å². The van der Waals surface area contributed by atoms with Crippen molar-refractivity contribution in [3.8, 4) is 0 Å². The zero-order valence-corrected chi connectivity index (χ0v) is 24.1. The molecule has 0 amide bonds. The van der Waals surface area contributed by atoms with Crippen LogP contribution in [0.15, 0.2) is 63.5 Å². The highest BCUT2D eigenvalue weighted by atomic mass is 14.9. The maximum atomic E-state index is 5.21. The number of rotatable bonds is 8. The molecule has 0 spiro atoms. The highest BCUT2D eigenvalue weighted by Crippen LogP contribution is 2.36. The average Bonchev–Trinajstić information content (AvgIpc) is 2.83. The fourth-order valence-electron chi connectivity index (χ4n) is 4.81. The third kappa shape index (κ3) is 6.30. The van der Waals surface area contributed by atoms with E-state index in [9.17, 15) is 0 Å². The van der Waals surface area contributed by atoms with Gasteiger partial charge in [0.05, 0.1) is 28.8 Å². The first-order valence-electron chi connectivity index (χ1n) is 13.6. The molecule has 2 aromatic rings. The topological polar surface area (TPSA) is 37.1 Å². The van der Waals surface area contributed by atoms with Gasteiger partial charge in [0.25, 0.3) is 0 Å². The molecule has 0 bridgehead atoms. The number of nitrogens with zero attached hydrogens (tertiary/aromatic N) is 3. The van der Waals surface area contributed by atoms with E-state index in [2.05, 4.69) is 118 Å². The number of dihydropyridines is 1. The zero-order valence-electron chi connectivity index (χ0n) is 24.1. The molecule has 36 heavy (non-hydrogen) atoms. The van der Waals surface area contributed by atoms with E-state index in [4.69, 9.17) is 15.0 Å². The van der Waals surface area contributed by atoms with Crippen molar-refractivity contribution in [2.75, 3.05) is 0 Å². The van der Waals surface area contributed by atoms with E-state index in [1.807, 2.05) is 0 Å². The smallest absolute Gasteiger partial charge is 0.0920 e. The van der Waals surface area contributed by atoms with Crippen LogP contribution in [0.5, 0.6) is 0 Å². The van der Waals surface area contributed by atoms with Crippen LogP contribution >= 0.6 is 0 Å². The van der Waals surface area contributed by atoms with Crippen LogP contribution in [0.25, 0.3) is 0 Å². The van der Waals surface area contributed by atoms with Gasteiger partial charge in [-0.25, -0.2) is 0 Å². The molecule has 1 aliphatic rings. The number of benzene rings is 2. The van der Waals surface area contributed by atoms with Crippen LogP contribution in [0, 0.1) is 0 Å². The summed E-state index contributed by atoms with van der Waals surface area (Å²) in [4.78, 5) is 15.5. The molecule has 1 aliphatic heterocycles. The Morgan fingerprint density at radius 2 is 1.11 bits per heavy atom. The quantitative estimate of drug-likeness (QED) is 0.335. The summed E-state index contributed by atoms with van der Waals surface area (Å²) in [5, 5.41) is 0. The summed E-state index contributed by atoms with van der Waals surface area (Å²) < 4.78 is 0. The molecule has 192 valence electrons. The maximum absolute atomic E-state index is 5.21. The molecule has 0 aromatic heterocycles. The Morgan fingerprint density at radius 1 is 0.694 bits per heavy atom. The average molecular weight is 484 g/mol. The van der Waals surface area contributed by atoms with Crippen molar-refractivity contribution in [2.45, 2.75) is 105 Å². The number of aliphatic imine (C=N–C) groups is 3. The highest BCUT2D eigenvalue weighted by Gasteiger charge is 2.20. The second-order valence-corrected chi connectivity index (χ2v) is 11.3. The van der Waals surface area contributed by atoms with E-state index in [-0.39, 0.29) is 6.04 Å². The Balaban J connectivity index is 2.02. The Labute approximate surface area is 219 Å². The molecule has 0 N–H and O–H groups in total. The van der Waals surface area contributed by atoms with Gasteiger partial charge in [0.15, 0.2) is 0 Å². The van der Waals surface area contributed by atoms with E-state index in [1.54, 1.807) is 0 Å². The SMILES string of the molecule is CC(=Nc1c(C(C)C)cccc1C(C)C)C1=NC(C(C)=Nc2c(C(C)C)cccc2C(C)C)CC=C1. The van der Waals surface area contributed by atoms with Crippen molar-refractivity contribution in [3.05, 3.63) is 70.8 Å². The third-order valence-electron chi connectivity index (χ3n) is 7.04. The van der Waals surface area contributed by atoms with Crippen molar-refractivity contribution < 1.29 is 0 Å². The molecule has 1 heterocycles. The Kier molecular flexibility index (Phi) is 9.22. The van der Waals surface area contributed by atoms with Crippen LogP contribution in [0.4, 0.5) is 11.4 Å². The van der Waals surface area contributed by atoms with Crippen LogP contribution < -0.4 is 0 Å². The summed E-state index contributed by atoms with van der Waals surface area (Å²) in [6.45, 7) is 22.1. The predicted molar refractivity (Wildman–Crippen MR) is 160 cm³/mol. The fraction of sp³-hybridized carbons (Fsp3) is 0.485. The van der Waals surface area contributed by atoms with E-state index in [0.717, 1.165) is 34.9 Å². The number of hydrogen-bond donors (Lipinski definition) is 0. The minimum absolute atomic E-state index is 0.0280. The zero-order chi connectivity index (χ0) is 26.6. The van der Waals surface area contributed by atoms with Crippen LogP contribution in [-0.4, -0.2) is 23.2 Å². The first-order valence-corrected chi connectivity index (χ1v) is 13.6. The van der Waals surface area contributed by atoms with Crippen molar-refractivity contribution in [3.63, 3.8) is 0 Å². The van der Waals surface area contributed by atoms with Gasteiger partial charge in [0.1, 0.15) is 0 Å². The normalized spacial score (nSPS) is 17.1. The second-order valence-electron chi connectivity index (χ2n) is 11.3. The second kappa shape index (κ2) is 12.0. The van der Waals surface area contributed by atoms with Gasteiger partial charge in [-0.05, 0) is 72.3 Å². The number of allylic oxidation sites excluding steroid dienone is 1. The van der Waals surface area contributed by atoms with Crippen molar-refractivity contribution in [1.82, 2.24) is 0 Å². The fourth-order valence-corrected chi connectivity index (χ4v) is 4.81. The number of hydrogen-bond acceptors (Lipinski definition) is 3. The van der Waals surface area contributed by atoms with E-state index in [1.165, 1.54) is 22.3 Å². The lowest BCUT2D eigenvalue weighted by Gasteiger charge is -2.21. The molecule has 0 saturated carbocycles. The standard InChI is InChI=1S/C33H45N3/c1-20(2)26-14-11-15-27(21(3)4)32(26)34-24(9)30-18-13-19-31(36-30)25(10)35-33-28(22(5)6)16-12-17-29(33)23(7)8/h11-18,20-23,31H,19H2,1-10H3. The van der Waals surface area contributed by atoms with Crippen molar-refractivity contribution in [2.24, 2.45) is 15.0 Å². The molecule has 0 fully saturated rings. The molecule has 0 radical (unpaired) electrons. The van der Waals surface area contributed by atoms with E-state index < -0.39 is 0 Å². The predicted octanol–water partition coefficient (Wildman–Crippen LogP) is 9.83. The first kappa shape index (κ1) is 27.8. The lowest BCUT2D eigenvalue weighted by Crippen LogP contribution is -2.22. The Morgan fingerprint density at radius 3 is 1.53 bits per heavy atom. The highest BCUT2D eigenvalue weighted by molar-refractivity contribution is 6.46. The summed E-state index contributed by atoms with van der Waals surface area (Å²) in [6, 6.07) is 13.2. The monoisotopic (exact) mass is 483 g/mol. The molecule has 2 aromatic carbocycles. The minimum Gasteiger partial charge on any atom is -0.274 e. The van der Waals surface area contributed by atoms with Gasteiger partial charge in [-0.1, -0.05) is 97.9 Å². The van der Waals surface area contributed by atoms with Gasteiger partial charge in [0, 0.05) is 5.71 Å². The van der Waals surface area contributed by atoms with Gasteiger partial charge in [-0.15, -0.1) is 0 Å². The van der Waals surface area contributed by atoms with Gasteiger partial charge < -0.3 is 0 Å². The van der Waals surface area contributed by atoms with Gasteiger partial charge in [0.2, 0.25) is 0 Å². The van der Waals surface area contributed by atoms with Crippen LogP contribution in [-0.2, 0) is 0 Å². The lowest BCUT2D eigenvalue weighted by molar-refractivity contribution is 0.829. The van der Waals surface area contributed by atoms with Gasteiger partial charge in [-0.2, -0.15) is 0 Å². The molecule has 3 nitrogen and oxygen atoms in total. The summed E-state index contributed by atoms with van der Waals surface area (Å²) in [5.74, 6) is 1.67. The third-order valence-corrected chi connectivity index (χ3v) is 7.04.